The number of nitrogens with zero attached hydrogens (tertiary/aromatic N) is 7. The Bertz CT molecular complexity index is 2560. The maximum Gasteiger partial charge on any atom is 0.324 e. The molecule has 0 aliphatic carbocycles. The fourth-order valence-electron chi connectivity index (χ4n) is 10.4. The van der Waals surface area contributed by atoms with E-state index in [1.807, 2.05) is 39.2 Å². The number of aliphatic imine (C=N–C) groups is 1. The SMILES string of the molecule is C=CC(=O)N1CC[C@@]2(C1)CN(C(=O)N(C)[C@H](C(=O)N[C@H]1Cc3nc(cs3)-c3ccc4c(c3)c(c(/C(C=C)=C(/N=C\C)[C@H](C)OC)n4CC)CC(C)(C)COC(=O)[C@@H]3CCCN(N3)C1=O)C(C)C)CCO2. The topological polar surface area (TPSA) is 180 Å². The van der Waals surface area contributed by atoms with Gasteiger partial charge in [0, 0.05) is 85.8 Å². The van der Waals surface area contributed by atoms with Crippen LogP contribution in [-0.2, 0) is 52.8 Å². The van der Waals surface area contributed by atoms with Gasteiger partial charge < -0.3 is 38.8 Å². The van der Waals surface area contributed by atoms with Crippen LogP contribution in [0.3, 0.4) is 0 Å². The van der Waals surface area contributed by atoms with Crippen LogP contribution in [0.5, 0.6) is 0 Å². The smallest absolute Gasteiger partial charge is 0.324 e. The highest BCUT2D eigenvalue weighted by molar-refractivity contribution is 7.10. The molecule has 378 valence electrons. The Morgan fingerprint density at radius 1 is 1.11 bits per heavy atom. The zero-order valence-electron chi connectivity index (χ0n) is 42.3. The lowest BCUT2D eigenvalue weighted by Crippen LogP contribution is -2.63. The number of benzene rings is 1. The molecule has 0 saturated carbocycles. The number of likely N-dealkylation sites (N-methyl/N-ethyl adjacent to an activating group) is 1. The molecule has 3 aromatic rings. The number of thiazole rings is 1. The number of fused-ring (bicyclic) bond motifs is 6. The second kappa shape index (κ2) is 21.7. The van der Waals surface area contributed by atoms with E-state index in [0.717, 1.165) is 44.7 Å². The number of hydrogen-bond donors (Lipinski definition) is 2. The number of carbonyl (C=O) groups excluding carboxylic acids is 5. The number of aromatic nitrogens is 2. The molecule has 0 radical (unpaired) electrons. The number of morpholine rings is 1. The number of methoxy groups -OCH3 is 1. The van der Waals surface area contributed by atoms with E-state index in [1.54, 1.807) is 30.2 Å². The Labute approximate surface area is 415 Å². The molecule has 4 aliphatic heterocycles. The van der Waals surface area contributed by atoms with E-state index in [1.165, 1.54) is 27.3 Å². The molecule has 7 rings (SSSR count). The number of ether oxygens (including phenoxy) is 3. The summed E-state index contributed by atoms with van der Waals surface area (Å²) in [6.45, 7) is 24.5. The van der Waals surface area contributed by atoms with Crippen molar-refractivity contribution in [1.29, 1.82) is 0 Å². The Morgan fingerprint density at radius 3 is 2.56 bits per heavy atom. The molecule has 6 bridgehead atoms. The summed E-state index contributed by atoms with van der Waals surface area (Å²) in [5.41, 5.74) is 8.10. The van der Waals surface area contributed by atoms with Gasteiger partial charge in [0.15, 0.2) is 0 Å². The van der Waals surface area contributed by atoms with Gasteiger partial charge in [0.05, 0.1) is 54.5 Å². The molecule has 4 aliphatic rings. The van der Waals surface area contributed by atoms with E-state index in [4.69, 9.17) is 24.2 Å². The number of cyclic esters (lactones) is 1. The Balaban J connectivity index is 1.24. The highest BCUT2D eigenvalue weighted by atomic mass is 32.1. The third kappa shape index (κ3) is 10.8. The van der Waals surface area contributed by atoms with Crippen LogP contribution in [0.25, 0.3) is 27.7 Å². The molecule has 6 heterocycles. The van der Waals surface area contributed by atoms with Gasteiger partial charge in [-0.25, -0.2) is 15.2 Å². The predicted molar refractivity (Wildman–Crippen MR) is 272 cm³/mol. The first-order valence-corrected chi connectivity index (χ1v) is 25.4. The average Bonchev–Trinajstić information content (AvgIpc) is 4.07. The summed E-state index contributed by atoms with van der Waals surface area (Å²) < 4.78 is 20.4. The lowest BCUT2D eigenvalue weighted by atomic mass is 9.84. The molecule has 70 heavy (non-hydrogen) atoms. The van der Waals surface area contributed by atoms with Crippen molar-refractivity contribution in [2.75, 3.05) is 60.1 Å². The summed E-state index contributed by atoms with van der Waals surface area (Å²) in [6, 6.07) is 3.08. The van der Waals surface area contributed by atoms with Crippen molar-refractivity contribution in [1.82, 2.24) is 40.0 Å². The Hall–Kier alpha value is -5.69. The van der Waals surface area contributed by atoms with E-state index in [-0.39, 0.29) is 50.1 Å². The minimum atomic E-state index is -1.11. The van der Waals surface area contributed by atoms with Crippen molar-refractivity contribution in [3.63, 3.8) is 0 Å². The van der Waals surface area contributed by atoms with Gasteiger partial charge in [-0.05, 0) is 76.1 Å². The normalized spacial score (nSPS) is 23.3. The summed E-state index contributed by atoms with van der Waals surface area (Å²) in [5.74, 6) is -1.94. The number of rotatable bonds is 11. The van der Waals surface area contributed by atoms with E-state index >= 15 is 0 Å². The number of aryl methyl sites for hydroxylation is 1. The van der Waals surface area contributed by atoms with E-state index in [9.17, 15) is 24.0 Å². The molecule has 18 heteroatoms. The number of hydrogen-bond acceptors (Lipinski definition) is 12. The number of hydrazine groups is 1. The maximum atomic E-state index is 14.7. The van der Waals surface area contributed by atoms with Gasteiger partial charge in [-0.1, -0.05) is 53.0 Å². The number of carbonyl (C=O) groups is 5. The van der Waals surface area contributed by atoms with Crippen LogP contribution in [0.2, 0.25) is 0 Å². The van der Waals surface area contributed by atoms with Gasteiger partial charge in [0.25, 0.3) is 5.91 Å². The largest absolute Gasteiger partial charge is 0.464 e. The fraction of sp³-hybridized carbons (Fsp3) is 0.558. The number of nitrogens with one attached hydrogen (secondary N) is 2. The highest BCUT2D eigenvalue weighted by Crippen LogP contribution is 2.40. The molecule has 5 amide bonds. The zero-order valence-corrected chi connectivity index (χ0v) is 43.2. The number of esters is 1. The minimum absolute atomic E-state index is 0.0564. The molecule has 3 saturated heterocycles. The van der Waals surface area contributed by atoms with Gasteiger partial charge in [0.1, 0.15) is 23.7 Å². The van der Waals surface area contributed by atoms with Crippen LogP contribution in [0.1, 0.15) is 84.0 Å². The molecule has 3 fully saturated rings. The highest BCUT2D eigenvalue weighted by Gasteiger charge is 2.46. The minimum Gasteiger partial charge on any atom is -0.464 e. The first kappa shape index (κ1) is 52.1. The lowest BCUT2D eigenvalue weighted by molar-refractivity contribution is -0.155. The summed E-state index contributed by atoms with van der Waals surface area (Å²) in [4.78, 5) is 84.8. The fourth-order valence-corrected chi connectivity index (χ4v) is 11.3. The lowest BCUT2D eigenvalue weighted by Gasteiger charge is -2.43. The molecule has 5 atom stereocenters. The molecule has 17 nitrogen and oxygen atoms in total. The third-order valence-electron chi connectivity index (χ3n) is 14.0. The number of urea groups is 1. The quantitative estimate of drug-likeness (QED) is 0.0999. The van der Waals surface area contributed by atoms with Gasteiger partial charge in [-0.15, -0.1) is 11.3 Å². The van der Waals surface area contributed by atoms with Gasteiger partial charge >= 0.3 is 12.0 Å². The Kier molecular flexibility index (Phi) is 16.2. The Morgan fingerprint density at radius 2 is 1.87 bits per heavy atom. The maximum absolute atomic E-state index is 14.7. The zero-order chi connectivity index (χ0) is 50.7. The average molecular weight is 982 g/mol. The van der Waals surface area contributed by atoms with Crippen LogP contribution in [0, 0.1) is 11.3 Å². The molecule has 2 N–H and O–H groups in total. The van der Waals surface area contributed by atoms with Crippen LogP contribution >= 0.6 is 11.3 Å². The molecular weight excluding hydrogens is 911 g/mol. The van der Waals surface area contributed by atoms with E-state index < -0.39 is 46.9 Å². The molecule has 0 unspecified atom stereocenters. The number of likely N-dealkylation sites (tertiary alicyclic amines) is 1. The number of amides is 5. The van der Waals surface area contributed by atoms with Crippen molar-refractivity contribution in [2.45, 2.75) is 117 Å². The van der Waals surface area contributed by atoms with Gasteiger partial charge in [0.2, 0.25) is 11.8 Å². The first-order valence-electron chi connectivity index (χ1n) is 24.5. The molecular formula is C52H71N9O8S. The van der Waals surface area contributed by atoms with Crippen molar-refractivity contribution in [3.05, 3.63) is 70.9 Å². The van der Waals surface area contributed by atoms with E-state index in [2.05, 4.69) is 67.4 Å². The van der Waals surface area contributed by atoms with Crippen molar-refractivity contribution >= 4 is 63.7 Å². The molecule has 2 aromatic heterocycles. The van der Waals surface area contributed by atoms with Gasteiger partial charge in [-0.2, -0.15) is 0 Å². The molecule has 1 spiro atoms. The summed E-state index contributed by atoms with van der Waals surface area (Å²) in [5, 5.41) is 8.06. The van der Waals surface area contributed by atoms with Crippen molar-refractivity contribution in [3.8, 4) is 11.3 Å². The second-order valence-electron chi connectivity index (χ2n) is 20.0. The number of allylic oxidation sites excluding steroid dienone is 2. The summed E-state index contributed by atoms with van der Waals surface area (Å²) >= 11 is 1.40. The standard InChI is InChI=1S/C52H71N9O8S/c1-12-35(44(53-14-3)33(7)67-11)46-37-27-51(8,9)31-68-49(65)38-17-16-21-61(56-38)48(64)39(26-42-54-40(28-70-42)34-18-19-41(36(37)25-34)60(46)15-4)55-47(63)45(32(5)6)57(10)50(66)59-23-24-69-52(30-59)20-22-58(29-52)43(62)13-2/h12-14,18-19,25,28,32-33,38-39,45,56H,1-2,15-17,20-24,26-27,29-31H2,3-11H3,(H,55,63)/b44-35+,53-14-/t33-,38-,39-,45-,52+/m0/s1. The van der Waals surface area contributed by atoms with Crippen LogP contribution in [0.15, 0.2) is 59.6 Å². The summed E-state index contributed by atoms with van der Waals surface area (Å²) in [6.07, 6.45) is 6.69. The second-order valence-corrected chi connectivity index (χ2v) is 20.9. The molecule has 1 aromatic carbocycles. The monoisotopic (exact) mass is 982 g/mol. The first-order chi connectivity index (χ1) is 33.4. The van der Waals surface area contributed by atoms with Crippen molar-refractivity contribution < 1.29 is 38.2 Å². The van der Waals surface area contributed by atoms with E-state index in [0.29, 0.717) is 63.4 Å². The van der Waals surface area contributed by atoms with Crippen LogP contribution in [-0.4, -0.2) is 155 Å². The van der Waals surface area contributed by atoms with Crippen molar-refractivity contribution in [2.24, 2.45) is 16.3 Å². The summed E-state index contributed by atoms with van der Waals surface area (Å²) in [7, 11) is 3.27. The third-order valence-corrected chi connectivity index (χ3v) is 14.9. The van der Waals surface area contributed by atoms with Crippen LogP contribution < -0.4 is 10.7 Å². The predicted octanol–water partition coefficient (Wildman–Crippen LogP) is 6.02. The van der Waals surface area contributed by atoms with Gasteiger partial charge in [-0.3, -0.25) is 29.2 Å². The van der Waals surface area contributed by atoms with Crippen LogP contribution in [0.4, 0.5) is 4.79 Å².